The first-order valence-corrected chi connectivity index (χ1v) is 3.80. The highest BCUT2D eigenvalue weighted by atomic mass is 35.5. The van der Waals surface area contributed by atoms with Crippen LogP contribution in [0, 0.1) is 0 Å². The van der Waals surface area contributed by atoms with E-state index in [0.717, 1.165) is 19.4 Å². The second-order valence-corrected chi connectivity index (χ2v) is 2.82. The minimum absolute atomic E-state index is 0. The maximum absolute atomic E-state index is 10.3. The van der Waals surface area contributed by atoms with Crippen molar-refractivity contribution in [3.8, 4) is 0 Å². The number of carbonyl (C=O) groups is 1. The molecule has 0 unspecified atom stereocenters. The van der Waals surface area contributed by atoms with E-state index in [1.54, 1.807) is 0 Å². The third kappa shape index (κ3) is 3.38. The summed E-state index contributed by atoms with van der Waals surface area (Å²) in [6.45, 7) is 0.747. The van der Waals surface area contributed by atoms with Gasteiger partial charge in [-0.15, -0.1) is 12.4 Å². The first-order valence-electron chi connectivity index (χ1n) is 3.80. The summed E-state index contributed by atoms with van der Waals surface area (Å²) in [5.41, 5.74) is 5.32. The molecule has 0 aromatic heterocycles. The van der Waals surface area contributed by atoms with E-state index in [-0.39, 0.29) is 18.5 Å². The molecule has 12 heavy (non-hydrogen) atoms. The predicted octanol–water partition coefficient (Wildman–Crippen LogP) is 0.389. The largest absolute Gasteiger partial charge is 0.480 e. The van der Waals surface area contributed by atoms with Crippen molar-refractivity contribution in [3.63, 3.8) is 0 Å². The Morgan fingerprint density at radius 2 is 2.42 bits per heavy atom. The van der Waals surface area contributed by atoms with Crippen LogP contribution in [0.5, 0.6) is 0 Å². The second-order valence-electron chi connectivity index (χ2n) is 2.82. The lowest BCUT2D eigenvalue weighted by Gasteiger charge is -2.11. The molecule has 72 valence electrons. The summed E-state index contributed by atoms with van der Waals surface area (Å²) in [5, 5.41) is 8.46. The van der Waals surface area contributed by atoms with Crippen molar-refractivity contribution >= 4 is 18.4 Å². The molecule has 0 radical (unpaired) electrons. The van der Waals surface area contributed by atoms with Gasteiger partial charge < -0.3 is 15.6 Å². The smallest absolute Gasteiger partial charge is 0.320 e. The van der Waals surface area contributed by atoms with Gasteiger partial charge in [-0.1, -0.05) is 0 Å². The van der Waals surface area contributed by atoms with Gasteiger partial charge in [-0.05, 0) is 19.3 Å². The lowest BCUT2D eigenvalue weighted by molar-refractivity contribution is -0.139. The molecular formula is C7H14ClNO3. The van der Waals surface area contributed by atoms with Gasteiger partial charge in [-0.2, -0.15) is 0 Å². The molecule has 0 aromatic rings. The number of hydrogen-bond acceptors (Lipinski definition) is 3. The molecule has 0 bridgehead atoms. The Kier molecular flexibility index (Phi) is 5.20. The molecule has 0 spiro atoms. The first kappa shape index (κ1) is 11.7. The van der Waals surface area contributed by atoms with Crippen LogP contribution in [0.2, 0.25) is 0 Å². The molecule has 0 amide bonds. The van der Waals surface area contributed by atoms with Gasteiger partial charge in [0.15, 0.2) is 0 Å². The van der Waals surface area contributed by atoms with E-state index in [2.05, 4.69) is 0 Å². The SMILES string of the molecule is Cl.N[C@H](C[C@H]1CCCO1)C(=O)O. The lowest BCUT2D eigenvalue weighted by atomic mass is 10.1. The standard InChI is InChI=1S/C7H13NO3.ClH/c8-6(7(9)10)4-5-2-1-3-11-5;/h5-6H,1-4,8H2,(H,9,10);1H/t5-,6-;/m1./s1. The Morgan fingerprint density at radius 1 is 1.75 bits per heavy atom. The number of carboxylic acid groups (broad SMARTS) is 1. The van der Waals surface area contributed by atoms with Crippen LogP contribution in [0.15, 0.2) is 0 Å². The van der Waals surface area contributed by atoms with Crippen molar-refractivity contribution in [2.45, 2.75) is 31.4 Å². The molecular weight excluding hydrogens is 182 g/mol. The average Bonchev–Trinajstić information content (AvgIpc) is 2.39. The van der Waals surface area contributed by atoms with Gasteiger partial charge >= 0.3 is 5.97 Å². The molecule has 3 N–H and O–H groups in total. The van der Waals surface area contributed by atoms with E-state index in [0.29, 0.717) is 6.42 Å². The van der Waals surface area contributed by atoms with E-state index in [9.17, 15) is 4.79 Å². The highest BCUT2D eigenvalue weighted by Crippen LogP contribution is 2.16. The predicted molar refractivity (Wildman–Crippen MR) is 46.5 cm³/mol. The Labute approximate surface area is 77.5 Å². The Morgan fingerprint density at radius 3 is 2.83 bits per heavy atom. The zero-order valence-electron chi connectivity index (χ0n) is 6.73. The molecule has 1 aliphatic rings. The monoisotopic (exact) mass is 195 g/mol. The quantitative estimate of drug-likeness (QED) is 0.684. The van der Waals surface area contributed by atoms with Crippen LogP contribution < -0.4 is 5.73 Å². The summed E-state index contributed by atoms with van der Waals surface area (Å²) < 4.78 is 5.23. The van der Waals surface area contributed by atoms with Crippen LogP contribution in [0.4, 0.5) is 0 Å². The molecule has 1 saturated heterocycles. The third-order valence-corrected chi connectivity index (χ3v) is 1.86. The summed E-state index contributed by atoms with van der Waals surface area (Å²) in [4.78, 5) is 10.3. The van der Waals surface area contributed by atoms with Gasteiger partial charge in [0.1, 0.15) is 6.04 Å². The maximum atomic E-state index is 10.3. The topological polar surface area (TPSA) is 72.5 Å². The molecule has 4 nitrogen and oxygen atoms in total. The zero-order valence-corrected chi connectivity index (χ0v) is 7.55. The van der Waals surface area contributed by atoms with Crippen LogP contribution in [-0.4, -0.2) is 29.8 Å². The summed E-state index contributed by atoms with van der Waals surface area (Å²) in [5.74, 6) is -0.944. The average molecular weight is 196 g/mol. The van der Waals surface area contributed by atoms with Crippen molar-refractivity contribution in [2.75, 3.05) is 6.61 Å². The van der Waals surface area contributed by atoms with Crippen LogP contribution in [0.25, 0.3) is 0 Å². The van der Waals surface area contributed by atoms with E-state index in [1.165, 1.54) is 0 Å². The summed E-state index contributed by atoms with van der Waals surface area (Å²) >= 11 is 0. The molecule has 1 aliphatic heterocycles. The minimum atomic E-state index is -0.944. The van der Waals surface area contributed by atoms with Crippen molar-refractivity contribution < 1.29 is 14.6 Å². The highest BCUT2D eigenvalue weighted by Gasteiger charge is 2.21. The number of ether oxygens (including phenoxy) is 1. The van der Waals surface area contributed by atoms with Crippen molar-refractivity contribution in [2.24, 2.45) is 5.73 Å². The zero-order chi connectivity index (χ0) is 8.27. The molecule has 0 aliphatic carbocycles. The minimum Gasteiger partial charge on any atom is -0.480 e. The van der Waals surface area contributed by atoms with Gasteiger partial charge in [-0.3, -0.25) is 4.79 Å². The van der Waals surface area contributed by atoms with E-state index in [4.69, 9.17) is 15.6 Å². The van der Waals surface area contributed by atoms with Crippen LogP contribution in [0.1, 0.15) is 19.3 Å². The van der Waals surface area contributed by atoms with Gasteiger partial charge in [0.25, 0.3) is 0 Å². The molecule has 0 saturated carbocycles. The van der Waals surface area contributed by atoms with Crippen molar-refractivity contribution in [3.05, 3.63) is 0 Å². The van der Waals surface area contributed by atoms with Gasteiger partial charge in [0.05, 0.1) is 6.10 Å². The molecule has 1 rings (SSSR count). The van der Waals surface area contributed by atoms with E-state index >= 15 is 0 Å². The van der Waals surface area contributed by atoms with Crippen LogP contribution in [0.3, 0.4) is 0 Å². The van der Waals surface area contributed by atoms with Crippen molar-refractivity contribution in [1.29, 1.82) is 0 Å². The fourth-order valence-corrected chi connectivity index (χ4v) is 1.21. The lowest BCUT2D eigenvalue weighted by Crippen LogP contribution is -2.33. The number of rotatable bonds is 3. The normalized spacial score (nSPS) is 24.6. The number of hydrogen-bond donors (Lipinski definition) is 2. The fourth-order valence-electron chi connectivity index (χ4n) is 1.21. The highest BCUT2D eigenvalue weighted by molar-refractivity contribution is 5.85. The maximum Gasteiger partial charge on any atom is 0.320 e. The van der Waals surface area contributed by atoms with Gasteiger partial charge in [-0.25, -0.2) is 0 Å². The van der Waals surface area contributed by atoms with Crippen molar-refractivity contribution in [1.82, 2.24) is 0 Å². The summed E-state index contributed by atoms with van der Waals surface area (Å²) in [7, 11) is 0. The van der Waals surface area contributed by atoms with E-state index in [1.807, 2.05) is 0 Å². The fraction of sp³-hybridized carbons (Fsp3) is 0.857. The molecule has 1 heterocycles. The summed E-state index contributed by atoms with van der Waals surface area (Å²) in [6.07, 6.45) is 2.48. The molecule has 2 atom stereocenters. The second kappa shape index (κ2) is 5.35. The number of carboxylic acids is 1. The first-order chi connectivity index (χ1) is 5.20. The Hall–Kier alpha value is -0.320. The number of nitrogens with two attached hydrogens (primary N) is 1. The number of aliphatic carboxylic acids is 1. The van der Waals surface area contributed by atoms with Gasteiger partial charge in [0, 0.05) is 6.61 Å². The van der Waals surface area contributed by atoms with E-state index < -0.39 is 12.0 Å². The molecule has 5 heteroatoms. The Bertz CT molecular complexity index is 148. The van der Waals surface area contributed by atoms with Gasteiger partial charge in [0.2, 0.25) is 0 Å². The third-order valence-electron chi connectivity index (χ3n) is 1.86. The summed E-state index contributed by atoms with van der Waals surface area (Å²) in [6, 6.07) is -0.766. The Balaban J connectivity index is 0.00000121. The van der Waals surface area contributed by atoms with Crippen LogP contribution in [-0.2, 0) is 9.53 Å². The molecule has 0 aromatic carbocycles. The number of halogens is 1. The molecule has 1 fully saturated rings. The van der Waals surface area contributed by atoms with Crippen LogP contribution >= 0.6 is 12.4 Å².